The third-order valence-corrected chi connectivity index (χ3v) is 2.54. The van der Waals surface area contributed by atoms with Gasteiger partial charge in [-0.25, -0.2) is 4.39 Å². The molecule has 1 aromatic carbocycles. The molecule has 0 aromatic heterocycles. The lowest BCUT2D eigenvalue weighted by atomic mass is 9.90. The Morgan fingerprint density at radius 2 is 2.29 bits per heavy atom. The third kappa shape index (κ3) is 1.82. The van der Waals surface area contributed by atoms with Crippen LogP contribution in [0.25, 0.3) is 0 Å². The molecule has 2 nitrogen and oxygen atoms in total. The van der Waals surface area contributed by atoms with E-state index in [0.29, 0.717) is 13.0 Å². The molecule has 1 N–H and O–H groups in total. The number of piperidine rings is 1. The maximum atomic E-state index is 12.9. The molecular weight excluding hydrogens is 181 g/mol. The van der Waals surface area contributed by atoms with Gasteiger partial charge in [0.15, 0.2) is 0 Å². The molecule has 0 saturated carbocycles. The average molecular weight is 193 g/mol. The maximum Gasteiger partial charge on any atom is 0.142 e. The second-order valence-corrected chi connectivity index (χ2v) is 3.53. The van der Waals surface area contributed by atoms with Crippen LogP contribution in [0.4, 0.5) is 4.39 Å². The summed E-state index contributed by atoms with van der Waals surface area (Å²) in [6.07, 6.45) is 0.543. The maximum absolute atomic E-state index is 12.9. The van der Waals surface area contributed by atoms with Crippen molar-refractivity contribution in [3.8, 4) is 0 Å². The van der Waals surface area contributed by atoms with Gasteiger partial charge in [-0.1, -0.05) is 12.1 Å². The zero-order valence-corrected chi connectivity index (χ0v) is 7.79. The molecule has 2 rings (SSSR count). The first kappa shape index (κ1) is 9.34. The molecule has 0 amide bonds. The number of ketones is 1. The molecule has 1 aromatic rings. The van der Waals surface area contributed by atoms with Crippen LogP contribution >= 0.6 is 0 Å². The lowest BCUT2D eigenvalue weighted by molar-refractivity contribution is -0.121. The molecular formula is C11H12FNO. The van der Waals surface area contributed by atoms with Gasteiger partial charge < -0.3 is 5.32 Å². The van der Waals surface area contributed by atoms with E-state index in [-0.39, 0.29) is 17.5 Å². The number of halogens is 1. The summed E-state index contributed by atoms with van der Waals surface area (Å²) in [7, 11) is 0. The zero-order valence-electron chi connectivity index (χ0n) is 7.79. The van der Waals surface area contributed by atoms with Crippen LogP contribution in [0.2, 0.25) is 0 Å². The monoisotopic (exact) mass is 193 g/mol. The Kier molecular flexibility index (Phi) is 2.59. The number of rotatable bonds is 1. The SMILES string of the molecule is O=C1CCNCC1c1cccc(F)c1. The Labute approximate surface area is 82.1 Å². The van der Waals surface area contributed by atoms with Gasteiger partial charge in [0, 0.05) is 19.5 Å². The first-order valence-electron chi connectivity index (χ1n) is 4.76. The second kappa shape index (κ2) is 3.88. The fourth-order valence-electron chi connectivity index (χ4n) is 1.77. The summed E-state index contributed by atoms with van der Waals surface area (Å²) in [5.74, 6) is -0.241. The Morgan fingerprint density at radius 1 is 1.43 bits per heavy atom. The van der Waals surface area contributed by atoms with E-state index in [1.165, 1.54) is 12.1 Å². The van der Waals surface area contributed by atoms with E-state index in [0.717, 1.165) is 12.1 Å². The predicted molar refractivity (Wildman–Crippen MR) is 51.6 cm³/mol. The third-order valence-electron chi connectivity index (χ3n) is 2.54. The van der Waals surface area contributed by atoms with Crippen molar-refractivity contribution in [1.82, 2.24) is 5.32 Å². The number of hydrogen-bond donors (Lipinski definition) is 1. The van der Waals surface area contributed by atoms with E-state index in [4.69, 9.17) is 0 Å². The molecule has 1 heterocycles. The van der Waals surface area contributed by atoms with Crippen LogP contribution in [0.15, 0.2) is 24.3 Å². The zero-order chi connectivity index (χ0) is 9.97. The van der Waals surface area contributed by atoms with Gasteiger partial charge in [0.2, 0.25) is 0 Å². The average Bonchev–Trinajstić information content (AvgIpc) is 2.18. The molecule has 1 saturated heterocycles. The lowest BCUT2D eigenvalue weighted by Crippen LogP contribution is -2.35. The fourth-order valence-corrected chi connectivity index (χ4v) is 1.77. The van der Waals surface area contributed by atoms with Crippen LogP contribution in [0.3, 0.4) is 0 Å². The summed E-state index contributed by atoms with van der Waals surface area (Å²) in [6.45, 7) is 1.37. The number of Topliss-reactive ketones (excluding diaryl/α,β-unsaturated/α-hetero) is 1. The van der Waals surface area contributed by atoms with Crippen molar-refractivity contribution in [2.45, 2.75) is 12.3 Å². The highest BCUT2D eigenvalue weighted by atomic mass is 19.1. The van der Waals surface area contributed by atoms with E-state index in [2.05, 4.69) is 5.32 Å². The van der Waals surface area contributed by atoms with E-state index in [9.17, 15) is 9.18 Å². The normalized spacial score (nSPS) is 22.4. The Balaban J connectivity index is 2.24. The highest BCUT2D eigenvalue weighted by molar-refractivity contribution is 5.86. The second-order valence-electron chi connectivity index (χ2n) is 3.53. The van der Waals surface area contributed by atoms with Crippen LogP contribution in [0.5, 0.6) is 0 Å². The molecule has 1 aliphatic rings. The van der Waals surface area contributed by atoms with E-state index >= 15 is 0 Å². The van der Waals surface area contributed by atoms with Crippen molar-refractivity contribution in [1.29, 1.82) is 0 Å². The van der Waals surface area contributed by atoms with Crippen LogP contribution in [0.1, 0.15) is 17.9 Å². The van der Waals surface area contributed by atoms with Crippen LogP contribution < -0.4 is 5.32 Å². The topological polar surface area (TPSA) is 29.1 Å². The van der Waals surface area contributed by atoms with Gasteiger partial charge in [0.05, 0.1) is 5.92 Å². The minimum atomic E-state index is -0.277. The highest BCUT2D eigenvalue weighted by Gasteiger charge is 2.23. The minimum Gasteiger partial charge on any atom is -0.315 e. The molecule has 1 aliphatic heterocycles. The Hall–Kier alpha value is -1.22. The molecule has 0 bridgehead atoms. The Bertz CT molecular complexity index is 351. The van der Waals surface area contributed by atoms with Crippen LogP contribution in [-0.2, 0) is 4.79 Å². The van der Waals surface area contributed by atoms with Gasteiger partial charge in [0.25, 0.3) is 0 Å². The van der Waals surface area contributed by atoms with Gasteiger partial charge in [0.1, 0.15) is 11.6 Å². The highest BCUT2D eigenvalue weighted by Crippen LogP contribution is 2.20. The number of hydrogen-bond acceptors (Lipinski definition) is 2. The summed E-state index contributed by atoms with van der Waals surface area (Å²) < 4.78 is 12.9. The van der Waals surface area contributed by atoms with Crippen molar-refractivity contribution in [2.75, 3.05) is 13.1 Å². The lowest BCUT2D eigenvalue weighted by Gasteiger charge is -2.21. The molecule has 74 valence electrons. The van der Waals surface area contributed by atoms with Gasteiger partial charge in [-0.05, 0) is 17.7 Å². The molecule has 0 radical (unpaired) electrons. The molecule has 1 fully saturated rings. The van der Waals surface area contributed by atoms with Crippen molar-refractivity contribution < 1.29 is 9.18 Å². The van der Waals surface area contributed by atoms with Gasteiger partial charge >= 0.3 is 0 Å². The standard InChI is InChI=1S/C11H12FNO/c12-9-3-1-2-8(6-9)10-7-13-5-4-11(10)14/h1-3,6,10,13H,4-5,7H2. The predicted octanol–water partition coefficient (Wildman–Crippen LogP) is 1.47. The largest absolute Gasteiger partial charge is 0.315 e. The summed E-state index contributed by atoms with van der Waals surface area (Å²) in [5.41, 5.74) is 0.780. The summed E-state index contributed by atoms with van der Waals surface area (Å²) >= 11 is 0. The van der Waals surface area contributed by atoms with Crippen LogP contribution in [-0.4, -0.2) is 18.9 Å². The first-order chi connectivity index (χ1) is 6.77. The van der Waals surface area contributed by atoms with Crippen molar-refractivity contribution >= 4 is 5.78 Å². The van der Waals surface area contributed by atoms with E-state index < -0.39 is 0 Å². The van der Waals surface area contributed by atoms with Gasteiger partial charge in [-0.3, -0.25) is 4.79 Å². The fraction of sp³-hybridized carbons (Fsp3) is 0.364. The molecule has 14 heavy (non-hydrogen) atoms. The van der Waals surface area contributed by atoms with Gasteiger partial charge in [-0.2, -0.15) is 0 Å². The van der Waals surface area contributed by atoms with Crippen LogP contribution in [0, 0.1) is 5.82 Å². The van der Waals surface area contributed by atoms with Crippen molar-refractivity contribution in [2.24, 2.45) is 0 Å². The number of nitrogens with one attached hydrogen (secondary N) is 1. The number of carbonyl (C=O) groups excluding carboxylic acids is 1. The molecule has 0 spiro atoms. The first-order valence-corrected chi connectivity index (χ1v) is 4.76. The molecule has 3 heteroatoms. The van der Waals surface area contributed by atoms with Crippen molar-refractivity contribution in [3.63, 3.8) is 0 Å². The molecule has 1 atom stereocenters. The van der Waals surface area contributed by atoms with Crippen molar-refractivity contribution in [3.05, 3.63) is 35.6 Å². The van der Waals surface area contributed by atoms with Gasteiger partial charge in [-0.15, -0.1) is 0 Å². The summed E-state index contributed by atoms with van der Waals surface area (Å²) in [4.78, 5) is 11.5. The number of carbonyl (C=O) groups is 1. The van der Waals surface area contributed by atoms with E-state index in [1.54, 1.807) is 12.1 Å². The smallest absolute Gasteiger partial charge is 0.142 e. The quantitative estimate of drug-likeness (QED) is 0.731. The summed E-state index contributed by atoms with van der Waals surface area (Å²) in [5, 5.41) is 3.14. The summed E-state index contributed by atoms with van der Waals surface area (Å²) in [6, 6.07) is 6.28. The number of benzene rings is 1. The molecule has 1 unspecified atom stereocenters. The Morgan fingerprint density at radius 3 is 3.00 bits per heavy atom. The molecule has 0 aliphatic carbocycles. The minimum absolute atomic E-state index is 0.167. The van der Waals surface area contributed by atoms with E-state index in [1.807, 2.05) is 0 Å².